The Bertz CT molecular complexity index is 1380. The number of anilines is 2. The maximum atomic E-state index is 14.9. The third kappa shape index (κ3) is 2.54. The number of carbonyl (C=O) groups excluding carboxylic acids is 2. The van der Waals surface area contributed by atoms with E-state index in [1.165, 1.54) is 21.9 Å². The van der Waals surface area contributed by atoms with Crippen LogP contribution in [0.1, 0.15) is 24.8 Å². The number of allylic oxidation sites excluding steroid dienone is 1. The highest BCUT2D eigenvalue weighted by molar-refractivity contribution is 6.20. The standard InChI is InChI=1S/C26H19FN4O2/c1-2-14-30-19-10-5-3-8-16(19)26(25(30)33)17(15-28)24(29)31(20-11-6-4-9-18(20)27)21-12-7-13-22(32)23(21)26/h1,3-6,8-11H,7,12-14,29H2/t26-/m0/s1. The van der Waals surface area contributed by atoms with Crippen molar-refractivity contribution in [3.05, 3.63) is 82.6 Å². The minimum absolute atomic E-state index is 0.0238. The van der Waals surface area contributed by atoms with Gasteiger partial charge in [-0.2, -0.15) is 5.26 Å². The predicted octanol–water partition coefficient (Wildman–Crippen LogP) is 3.26. The third-order valence-electron chi connectivity index (χ3n) is 6.52. The van der Waals surface area contributed by atoms with Gasteiger partial charge in [-0.05, 0) is 31.0 Å². The van der Waals surface area contributed by atoms with Gasteiger partial charge in [-0.25, -0.2) is 4.39 Å². The number of nitrogens with two attached hydrogens (primary N) is 1. The fourth-order valence-electron chi connectivity index (χ4n) is 5.28. The summed E-state index contributed by atoms with van der Waals surface area (Å²) in [6.45, 7) is -0.0238. The molecule has 2 aliphatic heterocycles. The first kappa shape index (κ1) is 20.5. The average Bonchev–Trinajstić information content (AvgIpc) is 3.05. The van der Waals surface area contributed by atoms with E-state index in [0.717, 1.165) is 0 Å². The van der Waals surface area contributed by atoms with Crippen LogP contribution in [-0.4, -0.2) is 18.2 Å². The zero-order valence-corrected chi connectivity index (χ0v) is 17.6. The summed E-state index contributed by atoms with van der Waals surface area (Å²) < 4.78 is 14.9. The monoisotopic (exact) mass is 438 g/mol. The molecule has 0 saturated carbocycles. The van der Waals surface area contributed by atoms with Crippen LogP contribution in [0.15, 0.2) is 71.2 Å². The number of carbonyl (C=O) groups is 2. The predicted molar refractivity (Wildman–Crippen MR) is 121 cm³/mol. The molecule has 6 nitrogen and oxygen atoms in total. The number of amides is 1. The van der Waals surface area contributed by atoms with E-state index in [9.17, 15) is 19.2 Å². The molecule has 0 bridgehead atoms. The zero-order chi connectivity index (χ0) is 23.3. The molecule has 7 heteroatoms. The number of benzene rings is 2. The van der Waals surface area contributed by atoms with Crippen molar-refractivity contribution >= 4 is 23.1 Å². The molecule has 0 aromatic heterocycles. The maximum Gasteiger partial charge on any atom is 0.248 e. The average molecular weight is 438 g/mol. The number of rotatable bonds is 2. The molecule has 0 fully saturated rings. The van der Waals surface area contributed by atoms with E-state index in [0.29, 0.717) is 29.8 Å². The van der Waals surface area contributed by atoms with Crippen LogP contribution in [0.3, 0.4) is 0 Å². The van der Waals surface area contributed by atoms with Gasteiger partial charge in [0.25, 0.3) is 0 Å². The summed E-state index contributed by atoms with van der Waals surface area (Å²) in [6.07, 6.45) is 6.69. The van der Waals surface area contributed by atoms with E-state index >= 15 is 0 Å². The van der Waals surface area contributed by atoms with Crippen molar-refractivity contribution in [1.82, 2.24) is 0 Å². The molecule has 1 spiro atoms. The molecule has 2 aromatic rings. The zero-order valence-electron chi connectivity index (χ0n) is 17.6. The van der Waals surface area contributed by atoms with Crippen LogP contribution in [0.4, 0.5) is 15.8 Å². The number of Topliss-reactive ketones (excluding diaryl/α,β-unsaturated/α-hetero) is 1. The molecule has 3 aliphatic rings. The number of ketones is 1. The summed E-state index contributed by atoms with van der Waals surface area (Å²) in [7, 11) is 0. The van der Waals surface area contributed by atoms with Crippen LogP contribution in [0.2, 0.25) is 0 Å². The first-order valence-electron chi connectivity index (χ1n) is 10.5. The normalized spacial score (nSPS) is 21.8. The molecule has 1 amide bonds. The lowest BCUT2D eigenvalue weighted by molar-refractivity contribution is -0.124. The van der Waals surface area contributed by atoms with Crippen LogP contribution < -0.4 is 15.5 Å². The molecule has 1 atom stereocenters. The molecule has 0 radical (unpaired) electrons. The van der Waals surface area contributed by atoms with Crippen molar-refractivity contribution in [1.29, 1.82) is 5.26 Å². The molecule has 2 N–H and O–H groups in total. The van der Waals surface area contributed by atoms with E-state index < -0.39 is 17.1 Å². The number of nitriles is 1. The molecule has 0 unspecified atom stereocenters. The molecule has 33 heavy (non-hydrogen) atoms. The van der Waals surface area contributed by atoms with Crippen molar-refractivity contribution in [3.63, 3.8) is 0 Å². The van der Waals surface area contributed by atoms with Gasteiger partial charge in [0.1, 0.15) is 23.1 Å². The molecule has 2 heterocycles. The Labute approximate surface area is 190 Å². The highest BCUT2D eigenvalue weighted by Gasteiger charge is 2.62. The van der Waals surface area contributed by atoms with Crippen LogP contribution in [0.25, 0.3) is 0 Å². The Morgan fingerprint density at radius 2 is 1.79 bits per heavy atom. The first-order valence-corrected chi connectivity index (χ1v) is 10.5. The SMILES string of the molecule is C#CCN1C(=O)[C@]2(C(C#N)=C(N)N(c3ccccc3F)C3=C2C(=O)CCC3)c2ccccc21. The summed E-state index contributed by atoms with van der Waals surface area (Å²) in [5, 5.41) is 10.3. The van der Waals surface area contributed by atoms with Gasteiger partial charge in [-0.15, -0.1) is 6.42 Å². The van der Waals surface area contributed by atoms with Crippen LogP contribution >= 0.6 is 0 Å². The van der Waals surface area contributed by atoms with Crippen LogP contribution in [0, 0.1) is 29.5 Å². The third-order valence-corrected chi connectivity index (χ3v) is 6.52. The summed E-state index contributed by atoms with van der Waals surface area (Å²) >= 11 is 0. The molecule has 1 aliphatic carbocycles. The quantitative estimate of drug-likeness (QED) is 0.727. The fraction of sp³-hybridized carbons (Fsp3) is 0.192. The van der Waals surface area contributed by atoms with Gasteiger partial charge in [-0.3, -0.25) is 19.4 Å². The second-order valence-corrected chi connectivity index (χ2v) is 8.12. The lowest BCUT2D eigenvalue weighted by atomic mass is 9.64. The van der Waals surface area contributed by atoms with Crippen molar-refractivity contribution in [2.45, 2.75) is 24.7 Å². The molecule has 2 aromatic carbocycles. The van der Waals surface area contributed by atoms with Gasteiger partial charge >= 0.3 is 0 Å². The van der Waals surface area contributed by atoms with E-state index in [1.54, 1.807) is 36.4 Å². The smallest absolute Gasteiger partial charge is 0.248 e. The summed E-state index contributed by atoms with van der Waals surface area (Å²) in [4.78, 5) is 30.4. The Morgan fingerprint density at radius 1 is 1.09 bits per heavy atom. The summed E-state index contributed by atoms with van der Waals surface area (Å²) in [5.74, 6) is 1.12. The lowest BCUT2D eigenvalue weighted by Crippen LogP contribution is -2.52. The first-order chi connectivity index (χ1) is 16.0. The van der Waals surface area contributed by atoms with Gasteiger partial charge < -0.3 is 5.73 Å². The second kappa shape index (κ2) is 7.36. The fourth-order valence-corrected chi connectivity index (χ4v) is 5.28. The van der Waals surface area contributed by atoms with Crippen molar-refractivity contribution < 1.29 is 14.0 Å². The number of hydrogen-bond donors (Lipinski definition) is 1. The van der Waals surface area contributed by atoms with Crippen molar-refractivity contribution in [2.24, 2.45) is 5.73 Å². The number of terminal acetylenes is 1. The van der Waals surface area contributed by atoms with Crippen molar-refractivity contribution in [2.75, 3.05) is 16.3 Å². The van der Waals surface area contributed by atoms with Gasteiger partial charge in [0.05, 0.1) is 17.8 Å². The number of para-hydroxylation sites is 2. The Kier molecular flexibility index (Phi) is 4.58. The highest BCUT2D eigenvalue weighted by atomic mass is 19.1. The minimum Gasteiger partial charge on any atom is -0.384 e. The summed E-state index contributed by atoms with van der Waals surface area (Å²) in [6, 6.07) is 15.1. The van der Waals surface area contributed by atoms with E-state index in [1.807, 2.05) is 0 Å². The van der Waals surface area contributed by atoms with Gasteiger partial charge in [0.2, 0.25) is 5.91 Å². The molecular weight excluding hydrogens is 419 g/mol. The number of halogens is 1. The van der Waals surface area contributed by atoms with Gasteiger partial charge in [0.15, 0.2) is 5.78 Å². The Hall–Kier alpha value is -4.36. The number of fused-ring (bicyclic) bond motifs is 3. The largest absolute Gasteiger partial charge is 0.384 e. The molecule has 0 saturated heterocycles. The minimum atomic E-state index is -1.71. The van der Waals surface area contributed by atoms with Crippen LogP contribution in [-0.2, 0) is 15.0 Å². The number of nitrogens with zero attached hydrogens (tertiary/aromatic N) is 3. The molecule has 5 rings (SSSR count). The molecular formula is C26H19FN4O2. The summed E-state index contributed by atoms with van der Waals surface area (Å²) in [5.41, 5.74) is 6.50. The lowest BCUT2D eigenvalue weighted by Gasteiger charge is -2.43. The van der Waals surface area contributed by atoms with Crippen LogP contribution in [0.5, 0.6) is 0 Å². The van der Waals surface area contributed by atoms with E-state index in [2.05, 4.69) is 12.0 Å². The van der Waals surface area contributed by atoms with E-state index in [4.69, 9.17) is 12.2 Å². The van der Waals surface area contributed by atoms with Gasteiger partial charge in [-0.1, -0.05) is 36.3 Å². The Morgan fingerprint density at radius 3 is 2.48 bits per heavy atom. The van der Waals surface area contributed by atoms with Crippen molar-refractivity contribution in [3.8, 4) is 18.4 Å². The Balaban J connectivity index is 1.91. The van der Waals surface area contributed by atoms with Gasteiger partial charge in [0, 0.05) is 28.9 Å². The maximum absolute atomic E-state index is 14.9. The second-order valence-electron chi connectivity index (χ2n) is 8.12. The molecule has 162 valence electrons. The number of hydrogen-bond acceptors (Lipinski definition) is 5. The van der Waals surface area contributed by atoms with E-state index in [-0.39, 0.29) is 41.4 Å². The highest BCUT2D eigenvalue weighted by Crippen LogP contribution is 2.56. The topological polar surface area (TPSA) is 90.4 Å².